The number of para-hydroxylation sites is 1. The number of carbonyl (C=O) groups excluding carboxylic acids is 2. The first-order valence-corrected chi connectivity index (χ1v) is 8.89. The van der Waals surface area contributed by atoms with Crippen LogP contribution in [0.5, 0.6) is 0 Å². The number of nitrogens with zero attached hydrogens (tertiary/aromatic N) is 1. The maximum atomic E-state index is 12.7. The van der Waals surface area contributed by atoms with Gasteiger partial charge in [-0.3, -0.25) is 9.59 Å². The molecule has 0 aromatic heterocycles. The molecule has 0 unspecified atom stereocenters. The van der Waals surface area contributed by atoms with Gasteiger partial charge in [-0.2, -0.15) is 0 Å². The molecule has 1 aliphatic heterocycles. The third-order valence-corrected chi connectivity index (χ3v) is 4.99. The lowest BCUT2D eigenvalue weighted by atomic mass is 10.1. The fourth-order valence-corrected chi connectivity index (χ4v) is 3.02. The van der Waals surface area contributed by atoms with Crippen molar-refractivity contribution in [3.8, 4) is 0 Å². The second-order valence-corrected chi connectivity index (χ2v) is 6.72. The molecule has 0 spiro atoms. The van der Waals surface area contributed by atoms with Crippen LogP contribution in [0, 0.1) is 6.92 Å². The van der Waals surface area contributed by atoms with Crippen LogP contribution in [0.3, 0.4) is 0 Å². The molecule has 1 N–H and O–H groups in total. The van der Waals surface area contributed by atoms with E-state index >= 15 is 0 Å². The van der Waals surface area contributed by atoms with Crippen LogP contribution in [-0.2, 0) is 4.74 Å². The van der Waals surface area contributed by atoms with E-state index in [0.29, 0.717) is 43.1 Å². The van der Waals surface area contributed by atoms with Gasteiger partial charge in [0.15, 0.2) is 0 Å². The highest BCUT2D eigenvalue weighted by Crippen LogP contribution is 2.21. The molecule has 1 heterocycles. The van der Waals surface area contributed by atoms with E-state index in [-0.39, 0.29) is 11.8 Å². The van der Waals surface area contributed by atoms with Crippen LogP contribution in [0.4, 0.5) is 5.69 Å². The van der Waals surface area contributed by atoms with E-state index in [0.717, 1.165) is 10.0 Å². The van der Waals surface area contributed by atoms with Crippen molar-refractivity contribution in [3.05, 3.63) is 63.6 Å². The number of hydrogen-bond donors (Lipinski definition) is 1. The van der Waals surface area contributed by atoms with E-state index in [9.17, 15) is 9.59 Å². The van der Waals surface area contributed by atoms with Crippen molar-refractivity contribution in [3.63, 3.8) is 0 Å². The average molecular weight is 403 g/mol. The summed E-state index contributed by atoms with van der Waals surface area (Å²) in [4.78, 5) is 27.0. The fraction of sp³-hybridized carbons (Fsp3) is 0.263. The topological polar surface area (TPSA) is 58.6 Å². The maximum Gasteiger partial charge on any atom is 0.256 e. The molecule has 2 aromatic carbocycles. The smallest absolute Gasteiger partial charge is 0.256 e. The zero-order valence-electron chi connectivity index (χ0n) is 13.9. The van der Waals surface area contributed by atoms with Gasteiger partial charge in [0.05, 0.1) is 24.5 Å². The lowest BCUT2D eigenvalue weighted by Crippen LogP contribution is -2.41. The normalized spacial score (nSPS) is 14.2. The molecule has 5 nitrogen and oxygen atoms in total. The van der Waals surface area contributed by atoms with E-state index in [2.05, 4.69) is 21.2 Å². The molecule has 3 rings (SSSR count). The Morgan fingerprint density at radius 3 is 2.56 bits per heavy atom. The molecular formula is C19H19BrN2O3. The van der Waals surface area contributed by atoms with E-state index in [1.165, 1.54) is 0 Å². The number of aryl methyl sites for hydroxylation is 1. The number of anilines is 1. The SMILES string of the molecule is Cc1ccc(C(=O)Nc2ccccc2C(=O)N2CCOCC2)cc1Br. The summed E-state index contributed by atoms with van der Waals surface area (Å²) in [6, 6.07) is 12.5. The maximum absolute atomic E-state index is 12.7. The predicted octanol–water partition coefficient (Wildman–Crippen LogP) is 3.48. The monoisotopic (exact) mass is 402 g/mol. The summed E-state index contributed by atoms with van der Waals surface area (Å²) < 4.78 is 6.16. The molecule has 0 bridgehead atoms. The molecular weight excluding hydrogens is 384 g/mol. The second-order valence-electron chi connectivity index (χ2n) is 5.87. The number of hydrogen-bond acceptors (Lipinski definition) is 3. The van der Waals surface area contributed by atoms with Gasteiger partial charge in [-0.25, -0.2) is 0 Å². The number of rotatable bonds is 3. The summed E-state index contributed by atoms with van der Waals surface area (Å²) in [5.74, 6) is -0.341. The summed E-state index contributed by atoms with van der Waals surface area (Å²) in [7, 11) is 0. The molecule has 1 fully saturated rings. The molecule has 0 radical (unpaired) electrons. The van der Waals surface area contributed by atoms with Crippen LogP contribution < -0.4 is 5.32 Å². The van der Waals surface area contributed by atoms with Gasteiger partial charge in [0.2, 0.25) is 0 Å². The molecule has 0 saturated carbocycles. The van der Waals surface area contributed by atoms with Gasteiger partial charge in [-0.15, -0.1) is 0 Å². The van der Waals surface area contributed by atoms with Gasteiger partial charge < -0.3 is 15.0 Å². The van der Waals surface area contributed by atoms with Crippen molar-refractivity contribution in [1.82, 2.24) is 4.90 Å². The number of halogens is 1. The minimum absolute atomic E-state index is 0.0933. The van der Waals surface area contributed by atoms with Crippen LogP contribution in [0.15, 0.2) is 46.9 Å². The van der Waals surface area contributed by atoms with Crippen molar-refractivity contribution in [2.75, 3.05) is 31.6 Å². The summed E-state index contributed by atoms with van der Waals surface area (Å²) in [6.07, 6.45) is 0. The Morgan fingerprint density at radius 1 is 1.12 bits per heavy atom. The quantitative estimate of drug-likeness (QED) is 0.854. The first-order valence-electron chi connectivity index (χ1n) is 8.10. The van der Waals surface area contributed by atoms with Crippen LogP contribution in [-0.4, -0.2) is 43.0 Å². The first kappa shape index (κ1) is 17.6. The standard InChI is InChI=1S/C19H19BrN2O3/c1-13-6-7-14(12-16(13)20)18(23)21-17-5-3-2-4-15(17)19(24)22-8-10-25-11-9-22/h2-7,12H,8-11H2,1H3,(H,21,23). The Balaban J connectivity index is 1.81. The summed E-state index contributed by atoms with van der Waals surface area (Å²) in [6.45, 7) is 4.16. The number of benzene rings is 2. The molecule has 6 heteroatoms. The molecule has 1 aliphatic rings. The zero-order valence-corrected chi connectivity index (χ0v) is 15.5. The number of carbonyl (C=O) groups is 2. The van der Waals surface area contributed by atoms with E-state index in [4.69, 9.17) is 4.74 Å². The average Bonchev–Trinajstić information content (AvgIpc) is 2.64. The molecule has 0 atom stereocenters. The second kappa shape index (κ2) is 7.80. The van der Waals surface area contributed by atoms with Crippen LogP contribution in [0.2, 0.25) is 0 Å². The third-order valence-electron chi connectivity index (χ3n) is 4.14. The molecule has 0 aliphatic carbocycles. The minimum Gasteiger partial charge on any atom is -0.378 e. The van der Waals surface area contributed by atoms with Crippen molar-refractivity contribution in [2.45, 2.75) is 6.92 Å². The Morgan fingerprint density at radius 2 is 1.84 bits per heavy atom. The highest BCUT2D eigenvalue weighted by atomic mass is 79.9. The first-order chi connectivity index (χ1) is 12.1. The van der Waals surface area contributed by atoms with Gasteiger partial charge in [0, 0.05) is 23.1 Å². The van der Waals surface area contributed by atoms with Gasteiger partial charge in [-0.05, 0) is 36.8 Å². The van der Waals surface area contributed by atoms with E-state index < -0.39 is 0 Å². The van der Waals surface area contributed by atoms with Crippen molar-refractivity contribution in [2.24, 2.45) is 0 Å². The molecule has 1 saturated heterocycles. The Hall–Kier alpha value is -2.18. The van der Waals surface area contributed by atoms with Crippen LogP contribution in [0.1, 0.15) is 26.3 Å². The molecule has 25 heavy (non-hydrogen) atoms. The fourth-order valence-electron chi connectivity index (χ4n) is 2.64. The van der Waals surface area contributed by atoms with Crippen molar-refractivity contribution < 1.29 is 14.3 Å². The largest absolute Gasteiger partial charge is 0.378 e. The highest BCUT2D eigenvalue weighted by Gasteiger charge is 2.21. The lowest BCUT2D eigenvalue weighted by Gasteiger charge is -2.27. The highest BCUT2D eigenvalue weighted by molar-refractivity contribution is 9.10. The zero-order chi connectivity index (χ0) is 17.8. The minimum atomic E-state index is -0.247. The molecule has 2 amide bonds. The summed E-state index contributed by atoms with van der Waals surface area (Å²) in [5, 5.41) is 2.85. The number of morpholine rings is 1. The molecule has 130 valence electrons. The Labute approximate surface area is 155 Å². The third kappa shape index (κ3) is 4.08. The van der Waals surface area contributed by atoms with Gasteiger partial charge >= 0.3 is 0 Å². The van der Waals surface area contributed by atoms with Crippen molar-refractivity contribution >= 4 is 33.4 Å². The number of amides is 2. The van der Waals surface area contributed by atoms with E-state index in [1.54, 1.807) is 41.3 Å². The van der Waals surface area contributed by atoms with Crippen LogP contribution in [0.25, 0.3) is 0 Å². The Kier molecular flexibility index (Phi) is 5.50. The van der Waals surface area contributed by atoms with Gasteiger partial charge in [0.25, 0.3) is 11.8 Å². The molecule has 2 aromatic rings. The van der Waals surface area contributed by atoms with E-state index in [1.807, 2.05) is 13.0 Å². The number of ether oxygens (including phenoxy) is 1. The summed E-state index contributed by atoms with van der Waals surface area (Å²) >= 11 is 3.44. The van der Waals surface area contributed by atoms with Gasteiger partial charge in [0.1, 0.15) is 0 Å². The Bertz CT molecular complexity index is 801. The lowest BCUT2D eigenvalue weighted by molar-refractivity contribution is 0.0303. The van der Waals surface area contributed by atoms with Gasteiger partial charge in [-0.1, -0.05) is 34.1 Å². The van der Waals surface area contributed by atoms with Crippen molar-refractivity contribution in [1.29, 1.82) is 0 Å². The predicted molar refractivity (Wildman–Crippen MR) is 100.0 cm³/mol. The van der Waals surface area contributed by atoms with Crippen LogP contribution >= 0.6 is 15.9 Å². The summed E-state index contributed by atoms with van der Waals surface area (Å²) in [5.41, 5.74) is 2.59. The number of nitrogens with one attached hydrogen (secondary N) is 1.